The number of aromatic nitrogens is 3. The van der Waals surface area contributed by atoms with E-state index in [4.69, 9.17) is 0 Å². The highest BCUT2D eigenvalue weighted by molar-refractivity contribution is 5.75. The second kappa shape index (κ2) is 4.46. The van der Waals surface area contributed by atoms with E-state index >= 15 is 0 Å². The maximum Gasteiger partial charge on any atom is 0.274 e. The molecule has 0 atom stereocenters. The van der Waals surface area contributed by atoms with Crippen LogP contribution in [0.25, 0.3) is 11.0 Å². The molecule has 0 saturated carbocycles. The molecule has 0 aliphatic rings. The van der Waals surface area contributed by atoms with Gasteiger partial charge in [0.2, 0.25) is 0 Å². The lowest BCUT2D eigenvalue weighted by Gasteiger charge is -1.94. The molecule has 4 heteroatoms. The Morgan fingerprint density at radius 3 is 2.84 bits per heavy atom. The molecule has 92 valence electrons. The van der Waals surface area contributed by atoms with Gasteiger partial charge in [0.1, 0.15) is 12.0 Å². The average molecular weight is 249 g/mol. The molecule has 3 aromatic rings. The van der Waals surface area contributed by atoms with Gasteiger partial charge in [-0.05, 0) is 31.0 Å². The molecule has 0 radical (unpaired) electrons. The van der Waals surface area contributed by atoms with Gasteiger partial charge < -0.3 is 4.98 Å². The Kier molecular flexibility index (Phi) is 2.66. The summed E-state index contributed by atoms with van der Waals surface area (Å²) < 4.78 is 1.31. The van der Waals surface area contributed by atoms with Gasteiger partial charge in [-0.1, -0.05) is 18.2 Å². The number of nitrogens with zero attached hydrogens (tertiary/aromatic N) is 2. The molecule has 0 fully saturated rings. The second-order valence-electron chi connectivity index (χ2n) is 4.24. The van der Waals surface area contributed by atoms with E-state index < -0.39 is 0 Å². The molecule has 0 saturated heterocycles. The van der Waals surface area contributed by atoms with Crippen molar-refractivity contribution in [1.82, 2.24) is 14.5 Å². The fourth-order valence-corrected chi connectivity index (χ4v) is 1.86. The topological polar surface area (TPSA) is 50.7 Å². The smallest absolute Gasteiger partial charge is 0.274 e. The highest BCUT2D eigenvalue weighted by Crippen LogP contribution is 2.06. The van der Waals surface area contributed by atoms with Crippen LogP contribution in [0.4, 0.5) is 0 Å². The third-order valence-electron chi connectivity index (χ3n) is 2.78. The molecule has 0 spiro atoms. The summed E-state index contributed by atoms with van der Waals surface area (Å²) in [5.74, 6) is 2.94. The molecule has 2 aromatic heterocycles. The van der Waals surface area contributed by atoms with Gasteiger partial charge in [-0.3, -0.25) is 4.79 Å². The third-order valence-corrected chi connectivity index (χ3v) is 2.78. The van der Waals surface area contributed by atoms with Gasteiger partial charge >= 0.3 is 0 Å². The van der Waals surface area contributed by atoms with Gasteiger partial charge in [0, 0.05) is 17.3 Å². The lowest BCUT2D eigenvalue weighted by Crippen LogP contribution is -2.16. The Hall–Kier alpha value is -2.80. The summed E-state index contributed by atoms with van der Waals surface area (Å²) in [5, 5.41) is 0.558. The van der Waals surface area contributed by atoms with Gasteiger partial charge in [-0.25, -0.2) is 9.55 Å². The molecule has 1 N–H and O–H groups in total. The molecule has 0 amide bonds. The zero-order chi connectivity index (χ0) is 13.2. The van der Waals surface area contributed by atoms with Crippen LogP contribution in [0.15, 0.2) is 47.5 Å². The van der Waals surface area contributed by atoms with Gasteiger partial charge in [-0.2, -0.15) is 0 Å². The van der Waals surface area contributed by atoms with Crippen LogP contribution in [0, 0.1) is 18.9 Å². The summed E-state index contributed by atoms with van der Waals surface area (Å²) in [5.41, 5.74) is 2.21. The Morgan fingerprint density at radius 1 is 1.26 bits per heavy atom. The SMILES string of the molecule is Cc1cc2c(=O)n(C#Cc3ccccc3)cnc2[nH]1. The Morgan fingerprint density at radius 2 is 2.05 bits per heavy atom. The van der Waals surface area contributed by atoms with Crippen LogP contribution in [0.5, 0.6) is 0 Å². The molecule has 0 aliphatic heterocycles. The largest absolute Gasteiger partial charge is 0.343 e. The first-order valence-electron chi connectivity index (χ1n) is 5.88. The van der Waals surface area contributed by atoms with Crippen molar-refractivity contribution >= 4 is 11.0 Å². The molecule has 4 nitrogen and oxygen atoms in total. The number of benzene rings is 1. The number of aryl methyl sites for hydroxylation is 1. The zero-order valence-electron chi connectivity index (χ0n) is 10.3. The van der Waals surface area contributed by atoms with Gasteiger partial charge in [-0.15, -0.1) is 0 Å². The first kappa shape index (κ1) is 11.3. The normalized spacial score (nSPS) is 10.2. The summed E-state index contributed by atoms with van der Waals surface area (Å²) in [6, 6.07) is 14.1. The highest BCUT2D eigenvalue weighted by atomic mass is 16.1. The molecular formula is C15H11N3O. The van der Waals surface area contributed by atoms with Crippen molar-refractivity contribution in [2.75, 3.05) is 0 Å². The lowest BCUT2D eigenvalue weighted by molar-refractivity contribution is 0.999. The van der Waals surface area contributed by atoms with E-state index in [9.17, 15) is 4.79 Å². The number of nitrogens with one attached hydrogen (secondary N) is 1. The number of hydrogen-bond acceptors (Lipinski definition) is 2. The minimum atomic E-state index is -0.155. The number of H-pyrrole nitrogens is 1. The quantitative estimate of drug-likeness (QED) is 0.618. The predicted octanol–water partition coefficient (Wildman–Crippen LogP) is 1.89. The van der Waals surface area contributed by atoms with Crippen LogP contribution >= 0.6 is 0 Å². The molecule has 3 rings (SSSR count). The fraction of sp³-hybridized carbons (Fsp3) is 0.0667. The average Bonchev–Trinajstić information content (AvgIpc) is 2.81. The first-order valence-corrected chi connectivity index (χ1v) is 5.88. The number of fused-ring (bicyclic) bond motifs is 1. The van der Waals surface area contributed by atoms with Crippen LogP contribution in [0.2, 0.25) is 0 Å². The van der Waals surface area contributed by atoms with Crippen molar-refractivity contribution in [2.24, 2.45) is 0 Å². The summed E-state index contributed by atoms with van der Waals surface area (Å²) in [6.07, 6.45) is 1.44. The number of rotatable bonds is 0. The van der Waals surface area contributed by atoms with E-state index in [2.05, 4.69) is 21.9 Å². The standard InChI is InChI=1S/C15H11N3O/c1-11-9-13-14(17-11)16-10-18(15(13)19)8-7-12-5-3-2-4-6-12/h2-6,9-10,17H,1H3. The van der Waals surface area contributed by atoms with E-state index in [-0.39, 0.29) is 5.56 Å². The van der Waals surface area contributed by atoms with E-state index in [0.717, 1.165) is 11.3 Å². The van der Waals surface area contributed by atoms with E-state index in [1.54, 1.807) is 6.07 Å². The summed E-state index contributed by atoms with van der Waals surface area (Å²) in [4.78, 5) is 19.4. The highest BCUT2D eigenvalue weighted by Gasteiger charge is 2.04. The summed E-state index contributed by atoms with van der Waals surface area (Å²) in [6.45, 7) is 1.89. The maximum atomic E-state index is 12.2. The van der Waals surface area contributed by atoms with Crippen molar-refractivity contribution in [3.8, 4) is 12.0 Å². The molecule has 19 heavy (non-hydrogen) atoms. The summed E-state index contributed by atoms with van der Waals surface area (Å²) in [7, 11) is 0. The number of aromatic amines is 1. The van der Waals surface area contributed by atoms with Crippen LogP contribution in [0.3, 0.4) is 0 Å². The molecule has 0 aliphatic carbocycles. The van der Waals surface area contributed by atoms with Crippen molar-refractivity contribution < 1.29 is 0 Å². The van der Waals surface area contributed by atoms with E-state index in [0.29, 0.717) is 11.0 Å². The Labute approximate surface area is 109 Å². The van der Waals surface area contributed by atoms with Crippen LogP contribution < -0.4 is 5.56 Å². The van der Waals surface area contributed by atoms with Gasteiger partial charge in [0.15, 0.2) is 0 Å². The van der Waals surface area contributed by atoms with Gasteiger partial charge in [0.05, 0.1) is 5.39 Å². The van der Waals surface area contributed by atoms with Crippen molar-refractivity contribution in [3.63, 3.8) is 0 Å². The van der Waals surface area contributed by atoms with Crippen LogP contribution in [-0.2, 0) is 0 Å². The summed E-state index contributed by atoms with van der Waals surface area (Å²) >= 11 is 0. The Bertz CT molecular complexity index is 848. The van der Waals surface area contributed by atoms with E-state index in [1.807, 2.05) is 37.3 Å². The second-order valence-corrected chi connectivity index (χ2v) is 4.24. The predicted molar refractivity (Wildman–Crippen MR) is 73.8 cm³/mol. The van der Waals surface area contributed by atoms with Crippen LogP contribution in [0.1, 0.15) is 11.3 Å². The lowest BCUT2D eigenvalue weighted by atomic mass is 10.2. The monoisotopic (exact) mass is 249 g/mol. The molecule has 1 aromatic carbocycles. The maximum absolute atomic E-state index is 12.2. The Balaban J connectivity index is 2.10. The van der Waals surface area contributed by atoms with Gasteiger partial charge in [0.25, 0.3) is 5.56 Å². The number of hydrogen-bond donors (Lipinski definition) is 1. The zero-order valence-corrected chi connectivity index (χ0v) is 10.3. The molecular weight excluding hydrogens is 238 g/mol. The molecule has 0 unspecified atom stereocenters. The van der Waals surface area contributed by atoms with Crippen molar-refractivity contribution in [2.45, 2.75) is 6.92 Å². The molecule has 2 heterocycles. The fourth-order valence-electron chi connectivity index (χ4n) is 1.86. The van der Waals surface area contributed by atoms with Crippen molar-refractivity contribution in [1.29, 1.82) is 0 Å². The van der Waals surface area contributed by atoms with Crippen LogP contribution in [-0.4, -0.2) is 14.5 Å². The van der Waals surface area contributed by atoms with E-state index in [1.165, 1.54) is 10.9 Å². The minimum absolute atomic E-state index is 0.155. The minimum Gasteiger partial charge on any atom is -0.343 e. The third kappa shape index (κ3) is 2.14. The van der Waals surface area contributed by atoms with Crippen molar-refractivity contribution in [3.05, 3.63) is 64.3 Å². The first-order chi connectivity index (χ1) is 9.24. The molecule has 0 bridgehead atoms.